The maximum absolute atomic E-state index is 14.0. The smallest absolute Gasteiger partial charge is 0.324 e. The normalized spacial score (nSPS) is 14.0. The molecule has 1 aliphatic heterocycles. The Bertz CT molecular complexity index is 1580. The number of likely N-dealkylation sites (tertiary alicyclic amines) is 1. The predicted octanol–water partition coefficient (Wildman–Crippen LogP) is 6.51. The van der Waals surface area contributed by atoms with E-state index in [2.05, 4.69) is 41.7 Å². The summed E-state index contributed by atoms with van der Waals surface area (Å²) in [5, 5.41) is 13.8. The molecule has 2 aromatic carbocycles. The van der Waals surface area contributed by atoms with Crippen molar-refractivity contribution < 1.29 is 18.4 Å². The lowest BCUT2D eigenvalue weighted by atomic mass is 9.92. The zero-order chi connectivity index (χ0) is 30.7. The van der Waals surface area contributed by atoms with Crippen LogP contribution in [0.5, 0.6) is 0 Å². The van der Waals surface area contributed by atoms with Crippen molar-refractivity contribution in [2.24, 2.45) is 0 Å². The van der Waals surface area contributed by atoms with E-state index in [1.54, 1.807) is 23.0 Å². The molecule has 1 fully saturated rings. The lowest BCUT2D eigenvalue weighted by molar-refractivity contribution is 0.0708. The van der Waals surface area contributed by atoms with E-state index in [9.17, 15) is 18.4 Å². The van der Waals surface area contributed by atoms with Gasteiger partial charge in [0.2, 0.25) is 0 Å². The number of hydrogen-bond acceptors (Lipinski definition) is 5. The number of nitrogens with zero attached hydrogens (tertiary/aromatic N) is 4. The predicted molar refractivity (Wildman–Crippen MR) is 163 cm³/mol. The molecule has 0 atom stereocenters. The average molecular weight is 588 g/mol. The SMILES string of the molecule is Cc1ccc(-n2nc(C(C)(C)C)cc2NC(=O)Nc2ccc(NC3CCN(C(=O)c4c(F)cccc4F)CC3)nc2)cc1. The van der Waals surface area contributed by atoms with E-state index in [0.29, 0.717) is 43.3 Å². The Labute approximate surface area is 249 Å². The van der Waals surface area contributed by atoms with Crippen molar-refractivity contribution in [2.75, 3.05) is 29.0 Å². The van der Waals surface area contributed by atoms with Gasteiger partial charge in [0.1, 0.15) is 28.8 Å². The van der Waals surface area contributed by atoms with Crippen molar-refractivity contribution in [2.45, 2.75) is 52.0 Å². The van der Waals surface area contributed by atoms with Gasteiger partial charge < -0.3 is 15.5 Å². The molecule has 224 valence electrons. The van der Waals surface area contributed by atoms with Crippen LogP contribution in [0.1, 0.15) is 55.2 Å². The Morgan fingerprint density at radius 3 is 2.21 bits per heavy atom. The third kappa shape index (κ3) is 6.99. The van der Waals surface area contributed by atoms with Gasteiger partial charge in [-0.1, -0.05) is 44.5 Å². The van der Waals surface area contributed by atoms with Crippen LogP contribution in [0.3, 0.4) is 0 Å². The van der Waals surface area contributed by atoms with E-state index in [0.717, 1.165) is 29.1 Å². The van der Waals surface area contributed by atoms with E-state index < -0.39 is 29.1 Å². The minimum absolute atomic E-state index is 0.0307. The van der Waals surface area contributed by atoms with Crippen LogP contribution >= 0.6 is 0 Å². The van der Waals surface area contributed by atoms with Crippen LogP contribution in [0.4, 0.5) is 30.9 Å². The summed E-state index contributed by atoms with van der Waals surface area (Å²) in [6, 6.07) is 16.3. The van der Waals surface area contributed by atoms with Crippen LogP contribution in [0, 0.1) is 18.6 Å². The molecule has 0 aliphatic carbocycles. The molecule has 0 spiro atoms. The molecular formula is C32H35F2N7O2. The van der Waals surface area contributed by atoms with E-state index in [1.807, 2.05) is 37.3 Å². The maximum atomic E-state index is 14.0. The van der Waals surface area contributed by atoms with Gasteiger partial charge in [-0.15, -0.1) is 0 Å². The number of nitrogens with one attached hydrogen (secondary N) is 3. The highest BCUT2D eigenvalue weighted by Crippen LogP contribution is 2.27. The molecule has 1 aliphatic rings. The minimum atomic E-state index is -0.858. The highest BCUT2D eigenvalue weighted by Gasteiger charge is 2.27. The number of aryl methyl sites for hydroxylation is 1. The summed E-state index contributed by atoms with van der Waals surface area (Å²) in [7, 11) is 0. The average Bonchev–Trinajstić information content (AvgIpc) is 3.39. The highest BCUT2D eigenvalue weighted by atomic mass is 19.1. The second kappa shape index (κ2) is 12.2. The molecule has 1 saturated heterocycles. The van der Waals surface area contributed by atoms with E-state index >= 15 is 0 Å². The molecule has 0 unspecified atom stereocenters. The van der Waals surface area contributed by atoms with Gasteiger partial charge in [-0.3, -0.25) is 10.1 Å². The topological polar surface area (TPSA) is 104 Å². The summed E-state index contributed by atoms with van der Waals surface area (Å²) in [6.45, 7) is 8.93. The summed E-state index contributed by atoms with van der Waals surface area (Å²) in [4.78, 5) is 31.5. The lowest BCUT2D eigenvalue weighted by Crippen LogP contribution is -2.43. The van der Waals surface area contributed by atoms with Gasteiger partial charge >= 0.3 is 6.03 Å². The van der Waals surface area contributed by atoms with Crippen molar-refractivity contribution in [3.8, 4) is 5.69 Å². The van der Waals surface area contributed by atoms with Gasteiger partial charge in [-0.25, -0.2) is 23.2 Å². The summed E-state index contributed by atoms with van der Waals surface area (Å²) >= 11 is 0. The summed E-state index contributed by atoms with van der Waals surface area (Å²) in [5.74, 6) is -1.20. The van der Waals surface area contributed by atoms with Crippen LogP contribution in [0.25, 0.3) is 5.69 Å². The summed E-state index contributed by atoms with van der Waals surface area (Å²) < 4.78 is 29.8. The Hall–Kier alpha value is -4.80. The Morgan fingerprint density at radius 2 is 1.60 bits per heavy atom. The molecule has 3 N–H and O–H groups in total. The first-order chi connectivity index (χ1) is 20.5. The second-order valence-electron chi connectivity index (χ2n) is 11.7. The standard InChI is InChI=1S/C32H35F2N7O2/c1-20-8-11-23(12-9-20)41-28(18-26(39-41)32(2,3)4)38-31(43)37-22-10-13-27(35-19-22)36-21-14-16-40(17-15-21)30(42)29-24(33)6-5-7-25(29)34/h5-13,18-19,21H,14-17H2,1-4H3,(H,35,36)(H2,37,38,43). The molecule has 2 aromatic heterocycles. The third-order valence-corrected chi connectivity index (χ3v) is 7.33. The number of piperidine rings is 1. The number of anilines is 3. The summed E-state index contributed by atoms with van der Waals surface area (Å²) in [6.07, 6.45) is 2.74. The molecule has 3 amide bonds. The largest absolute Gasteiger partial charge is 0.367 e. The molecule has 43 heavy (non-hydrogen) atoms. The molecule has 5 rings (SSSR count). The quantitative estimate of drug-likeness (QED) is 0.239. The number of aromatic nitrogens is 3. The Kier molecular flexibility index (Phi) is 8.43. The third-order valence-electron chi connectivity index (χ3n) is 7.33. The van der Waals surface area contributed by atoms with Gasteiger partial charge in [-0.2, -0.15) is 5.10 Å². The summed E-state index contributed by atoms with van der Waals surface area (Å²) in [5.41, 5.74) is 2.59. The van der Waals surface area contributed by atoms with Crippen LogP contribution in [-0.4, -0.2) is 50.7 Å². The van der Waals surface area contributed by atoms with Gasteiger partial charge in [0.25, 0.3) is 5.91 Å². The number of amides is 3. The molecule has 11 heteroatoms. The van der Waals surface area contributed by atoms with Crippen LogP contribution in [-0.2, 0) is 5.41 Å². The van der Waals surface area contributed by atoms with Crippen molar-refractivity contribution in [3.63, 3.8) is 0 Å². The van der Waals surface area contributed by atoms with Gasteiger partial charge in [0.15, 0.2) is 0 Å². The Balaban J connectivity index is 1.17. The highest BCUT2D eigenvalue weighted by molar-refractivity contribution is 5.99. The van der Waals surface area contributed by atoms with Crippen LogP contribution in [0.15, 0.2) is 66.9 Å². The number of urea groups is 1. The molecular weight excluding hydrogens is 552 g/mol. The number of carbonyl (C=O) groups is 2. The van der Waals surface area contributed by atoms with Crippen molar-refractivity contribution in [3.05, 3.63) is 95.3 Å². The van der Waals surface area contributed by atoms with E-state index in [1.165, 1.54) is 11.0 Å². The second-order valence-corrected chi connectivity index (χ2v) is 11.7. The van der Waals surface area contributed by atoms with Crippen LogP contribution < -0.4 is 16.0 Å². The minimum Gasteiger partial charge on any atom is -0.367 e. The van der Waals surface area contributed by atoms with Gasteiger partial charge in [-0.05, 0) is 56.2 Å². The first kappa shape index (κ1) is 29.7. The molecule has 0 radical (unpaired) electrons. The number of carbonyl (C=O) groups excluding carboxylic acids is 2. The van der Waals surface area contributed by atoms with E-state index in [-0.39, 0.29) is 11.5 Å². The number of pyridine rings is 1. The number of rotatable bonds is 6. The van der Waals surface area contributed by atoms with E-state index in [4.69, 9.17) is 5.10 Å². The van der Waals surface area contributed by atoms with Gasteiger partial charge in [0.05, 0.1) is 23.3 Å². The van der Waals surface area contributed by atoms with Crippen molar-refractivity contribution >= 4 is 29.3 Å². The fraction of sp³-hybridized carbons (Fsp3) is 0.312. The maximum Gasteiger partial charge on any atom is 0.324 e. The van der Waals surface area contributed by atoms with Gasteiger partial charge in [0, 0.05) is 30.6 Å². The van der Waals surface area contributed by atoms with Crippen LogP contribution in [0.2, 0.25) is 0 Å². The number of hydrogen-bond donors (Lipinski definition) is 3. The zero-order valence-electron chi connectivity index (χ0n) is 24.6. The first-order valence-electron chi connectivity index (χ1n) is 14.2. The number of halogens is 2. The molecule has 9 nitrogen and oxygen atoms in total. The number of benzene rings is 2. The molecule has 0 saturated carbocycles. The molecule has 4 aromatic rings. The molecule has 3 heterocycles. The Morgan fingerprint density at radius 1 is 0.930 bits per heavy atom. The fourth-order valence-electron chi connectivity index (χ4n) is 4.85. The van der Waals surface area contributed by atoms with Crippen molar-refractivity contribution in [1.29, 1.82) is 0 Å². The first-order valence-corrected chi connectivity index (χ1v) is 14.2. The fourth-order valence-corrected chi connectivity index (χ4v) is 4.85. The lowest BCUT2D eigenvalue weighted by Gasteiger charge is -2.32. The van der Waals surface area contributed by atoms with Crippen molar-refractivity contribution in [1.82, 2.24) is 19.7 Å². The zero-order valence-corrected chi connectivity index (χ0v) is 24.6. The molecule has 0 bridgehead atoms. The monoisotopic (exact) mass is 587 g/mol.